The van der Waals surface area contributed by atoms with Gasteiger partial charge >= 0.3 is 0 Å². The zero-order valence-corrected chi connectivity index (χ0v) is 23.8. The van der Waals surface area contributed by atoms with Gasteiger partial charge < -0.3 is 27.0 Å². The Bertz CT molecular complexity index is 867. The summed E-state index contributed by atoms with van der Waals surface area (Å²) in [5.41, 5.74) is 12.3. The second-order valence-electron chi connectivity index (χ2n) is 11.8. The van der Waals surface area contributed by atoms with Crippen molar-refractivity contribution in [3.8, 4) is 0 Å². The van der Waals surface area contributed by atoms with Gasteiger partial charge in [0.15, 0.2) is 5.83 Å². The van der Waals surface area contributed by atoms with Gasteiger partial charge in [-0.15, -0.1) is 0 Å². The third-order valence-corrected chi connectivity index (χ3v) is 9.09. The second-order valence-corrected chi connectivity index (χ2v) is 11.8. The number of halogens is 1. The van der Waals surface area contributed by atoms with Gasteiger partial charge in [0.25, 0.3) is 0 Å². The quantitative estimate of drug-likeness (QED) is 0.333. The van der Waals surface area contributed by atoms with Gasteiger partial charge in [0, 0.05) is 44.9 Å². The van der Waals surface area contributed by atoms with Crippen molar-refractivity contribution in [3.05, 3.63) is 5.83 Å². The molecule has 216 valence electrons. The summed E-state index contributed by atoms with van der Waals surface area (Å²) in [6.45, 7) is 7.44. The third kappa shape index (κ3) is 7.63. The highest BCUT2D eigenvalue weighted by Crippen LogP contribution is 2.42. The first-order valence-electron chi connectivity index (χ1n) is 14.6. The number of hydrogen-bond acceptors (Lipinski definition) is 7. The molecular weight excluding hydrogens is 485 g/mol. The van der Waals surface area contributed by atoms with Gasteiger partial charge in [0.1, 0.15) is 0 Å². The van der Waals surface area contributed by atoms with E-state index in [0.717, 1.165) is 58.2 Å². The Morgan fingerprint density at radius 2 is 1.97 bits per heavy atom. The average molecular weight is 536 g/mol. The fraction of sp³-hybridized carbons (Fsp3) is 0.857. The largest absolute Gasteiger partial charge is 0.350 e. The van der Waals surface area contributed by atoms with Crippen LogP contribution >= 0.6 is 0 Å². The first-order valence-corrected chi connectivity index (χ1v) is 14.6. The molecule has 6 N–H and O–H groups in total. The Morgan fingerprint density at radius 3 is 2.58 bits per heavy atom. The summed E-state index contributed by atoms with van der Waals surface area (Å²) >= 11 is 0. The van der Waals surface area contributed by atoms with E-state index in [-0.39, 0.29) is 41.1 Å². The summed E-state index contributed by atoms with van der Waals surface area (Å²) in [6, 6.07) is -0.483. The van der Waals surface area contributed by atoms with Gasteiger partial charge in [-0.2, -0.15) is 0 Å². The van der Waals surface area contributed by atoms with Crippen molar-refractivity contribution < 1.29 is 14.0 Å². The van der Waals surface area contributed by atoms with Crippen LogP contribution in [0, 0.1) is 17.3 Å². The van der Waals surface area contributed by atoms with Crippen LogP contribution in [0.2, 0.25) is 0 Å². The number of hydrogen-bond donors (Lipinski definition) is 4. The van der Waals surface area contributed by atoms with Crippen molar-refractivity contribution in [1.29, 1.82) is 0 Å². The minimum atomic E-state index is -0.924. The highest BCUT2D eigenvalue weighted by Gasteiger charge is 2.41. The number of carbonyl (C=O) groups excluding carboxylic acids is 2. The first-order chi connectivity index (χ1) is 18.1. The molecule has 3 aliphatic heterocycles. The van der Waals surface area contributed by atoms with Gasteiger partial charge in [0.05, 0.1) is 24.2 Å². The van der Waals surface area contributed by atoms with Crippen molar-refractivity contribution in [3.63, 3.8) is 0 Å². The Kier molecular flexibility index (Phi) is 11.3. The monoisotopic (exact) mass is 535 g/mol. The number of nitrogens with zero attached hydrogens (tertiary/aromatic N) is 3. The van der Waals surface area contributed by atoms with Crippen LogP contribution in [0.5, 0.6) is 0 Å². The van der Waals surface area contributed by atoms with Gasteiger partial charge in [-0.05, 0) is 63.6 Å². The lowest BCUT2D eigenvalue weighted by atomic mass is 9.70. The number of aliphatic imine (C=N–C) groups is 1. The third-order valence-electron chi connectivity index (χ3n) is 9.09. The standard InChI is InChI=1S/C28H50FN7O2/c1-5-11-28(6-2)12-7-20(29)17-33-21(16-28)24(25(30)31)26(37)34-22-18-32-13-8-23(22)36-14-9-19(10-15-36)27(38)35(3)4/h19,21-25,32H,5-16,18,30-31H2,1-4H3,(H,34,37). The van der Waals surface area contributed by atoms with E-state index in [1.807, 2.05) is 14.1 Å². The number of amides is 2. The topological polar surface area (TPSA) is 129 Å². The van der Waals surface area contributed by atoms with Crippen LogP contribution in [0.15, 0.2) is 10.8 Å². The number of piperidine rings is 2. The van der Waals surface area contributed by atoms with Crippen LogP contribution in [-0.4, -0.2) is 92.0 Å². The van der Waals surface area contributed by atoms with Crippen molar-refractivity contribution in [2.75, 3.05) is 40.3 Å². The van der Waals surface area contributed by atoms with E-state index in [0.29, 0.717) is 25.8 Å². The predicted octanol–water partition coefficient (Wildman–Crippen LogP) is 1.77. The Morgan fingerprint density at radius 1 is 1.26 bits per heavy atom. The summed E-state index contributed by atoms with van der Waals surface area (Å²) in [5, 5.41) is 6.66. The molecule has 3 heterocycles. The van der Waals surface area contributed by atoms with Crippen molar-refractivity contribution in [1.82, 2.24) is 20.4 Å². The maximum Gasteiger partial charge on any atom is 0.228 e. The van der Waals surface area contributed by atoms with Gasteiger partial charge in [0.2, 0.25) is 11.8 Å². The van der Waals surface area contributed by atoms with Crippen LogP contribution in [0.25, 0.3) is 0 Å². The molecule has 0 aromatic heterocycles. The van der Waals surface area contributed by atoms with Crippen LogP contribution in [0.4, 0.5) is 4.39 Å². The Hall–Kier alpha value is -1.84. The predicted molar refractivity (Wildman–Crippen MR) is 149 cm³/mol. The summed E-state index contributed by atoms with van der Waals surface area (Å²) in [6.07, 6.45) is 6.10. The normalized spacial score (nSPS) is 30.3. The first kappa shape index (κ1) is 30.7. The molecule has 9 nitrogen and oxygen atoms in total. The van der Waals surface area contributed by atoms with E-state index >= 15 is 0 Å². The molecule has 2 saturated heterocycles. The number of allylic oxidation sites excluding steroid dienone is 1. The molecule has 0 radical (unpaired) electrons. The van der Waals surface area contributed by atoms with Crippen LogP contribution in [-0.2, 0) is 9.59 Å². The summed E-state index contributed by atoms with van der Waals surface area (Å²) in [4.78, 5) is 34.7. The number of nitrogens with two attached hydrogens (primary N) is 2. The molecule has 0 aromatic carbocycles. The molecule has 0 bridgehead atoms. The molecule has 2 fully saturated rings. The van der Waals surface area contributed by atoms with Crippen molar-refractivity contribution in [2.24, 2.45) is 33.7 Å². The summed E-state index contributed by atoms with van der Waals surface area (Å²) in [7, 11) is 3.62. The second kappa shape index (κ2) is 14.0. The van der Waals surface area contributed by atoms with Crippen LogP contribution in [0.3, 0.4) is 0 Å². The molecule has 5 atom stereocenters. The molecule has 0 aromatic rings. The molecule has 5 unspecified atom stereocenters. The number of likely N-dealkylation sites (tertiary alicyclic amines) is 1. The number of rotatable bonds is 9. The highest BCUT2D eigenvalue weighted by atomic mass is 19.1. The van der Waals surface area contributed by atoms with Crippen molar-refractivity contribution >= 4 is 17.7 Å². The van der Waals surface area contributed by atoms with E-state index in [1.54, 1.807) is 4.90 Å². The zero-order chi connectivity index (χ0) is 27.9. The number of nitrogens with one attached hydrogen (secondary N) is 2. The van der Waals surface area contributed by atoms with E-state index in [4.69, 9.17) is 11.5 Å². The minimum Gasteiger partial charge on any atom is -0.350 e. The van der Waals surface area contributed by atoms with Gasteiger partial charge in [-0.3, -0.25) is 14.5 Å². The Balaban J connectivity index is 1.75. The van der Waals surface area contributed by atoms with Crippen molar-refractivity contribution in [2.45, 2.75) is 95.9 Å². The molecule has 0 aliphatic carbocycles. The average Bonchev–Trinajstić information content (AvgIpc) is 2.89. The fourth-order valence-corrected chi connectivity index (χ4v) is 6.79. The highest BCUT2D eigenvalue weighted by molar-refractivity contribution is 5.81. The maximum absolute atomic E-state index is 14.4. The molecule has 0 spiro atoms. The Labute approximate surface area is 228 Å². The van der Waals surface area contributed by atoms with E-state index in [2.05, 4.69) is 40.2 Å². The summed E-state index contributed by atoms with van der Waals surface area (Å²) in [5.74, 6) is 1.42. The molecule has 3 aliphatic rings. The van der Waals surface area contributed by atoms with Crippen LogP contribution < -0.4 is 22.1 Å². The lowest BCUT2D eigenvalue weighted by molar-refractivity contribution is -0.134. The molecule has 38 heavy (non-hydrogen) atoms. The fourth-order valence-electron chi connectivity index (χ4n) is 6.79. The van der Waals surface area contributed by atoms with E-state index < -0.39 is 18.1 Å². The molecular formula is C28H50FN7O2. The molecule has 10 heteroatoms. The molecule has 3 rings (SSSR count). The summed E-state index contributed by atoms with van der Waals surface area (Å²) < 4.78 is 14.4. The lowest BCUT2D eigenvalue weighted by Crippen LogP contribution is -2.63. The SMILES string of the molecule is CCCC1(CC)CCC(F)=C=NC(C(C(=O)NC2CNCCC2N2CCC(C(=O)N(C)C)CC2)C(N)N)C1. The van der Waals surface area contributed by atoms with Gasteiger partial charge in [-0.1, -0.05) is 26.7 Å². The van der Waals surface area contributed by atoms with E-state index in [1.165, 1.54) is 0 Å². The molecule has 2 amide bonds. The van der Waals surface area contributed by atoms with E-state index in [9.17, 15) is 14.0 Å². The smallest absolute Gasteiger partial charge is 0.228 e. The minimum absolute atomic E-state index is 0.0585. The molecule has 0 saturated carbocycles. The van der Waals surface area contributed by atoms with Gasteiger partial charge in [-0.25, -0.2) is 9.38 Å². The maximum atomic E-state index is 14.4. The lowest BCUT2D eigenvalue weighted by Gasteiger charge is -2.44. The zero-order valence-electron chi connectivity index (χ0n) is 23.8. The van der Waals surface area contributed by atoms with Crippen LogP contribution in [0.1, 0.15) is 71.6 Å². The number of carbonyl (C=O) groups is 2.